The predicted molar refractivity (Wildman–Crippen MR) is 89.9 cm³/mol. The summed E-state index contributed by atoms with van der Waals surface area (Å²) in [5.74, 6) is 0.633. The molecule has 0 fully saturated rings. The Balaban J connectivity index is 1.86. The first-order valence-electron chi connectivity index (χ1n) is 7.13. The predicted octanol–water partition coefficient (Wildman–Crippen LogP) is 4.04. The quantitative estimate of drug-likeness (QED) is 0.728. The number of nitrogens with zero attached hydrogens (tertiary/aromatic N) is 1. The van der Waals surface area contributed by atoms with Crippen LogP contribution < -0.4 is 10.3 Å². The molecule has 4 heteroatoms. The molecule has 1 heterocycles. The van der Waals surface area contributed by atoms with Gasteiger partial charge in [0.25, 0.3) is 5.56 Å². The van der Waals surface area contributed by atoms with Crippen LogP contribution in [-0.2, 0) is 6.54 Å². The lowest BCUT2D eigenvalue weighted by Crippen LogP contribution is -2.23. The van der Waals surface area contributed by atoms with E-state index < -0.39 is 0 Å². The lowest BCUT2D eigenvalue weighted by Gasteiger charge is -2.13. The van der Waals surface area contributed by atoms with E-state index in [4.69, 9.17) is 16.3 Å². The number of ether oxygens (including phenoxy) is 1. The Kier molecular flexibility index (Phi) is 4.16. The molecule has 0 spiro atoms. The number of aromatic nitrogens is 1. The van der Waals surface area contributed by atoms with Crippen LogP contribution >= 0.6 is 11.6 Å². The molecular formula is C18H16ClNO2. The van der Waals surface area contributed by atoms with E-state index in [0.29, 0.717) is 23.9 Å². The van der Waals surface area contributed by atoms with Gasteiger partial charge in [-0.2, -0.15) is 0 Å². The Morgan fingerprint density at radius 2 is 1.82 bits per heavy atom. The third-order valence-corrected chi connectivity index (χ3v) is 3.95. The average molecular weight is 314 g/mol. The van der Waals surface area contributed by atoms with Crippen molar-refractivity contribution in [1.29, 1.82) is 0 Å². The molecule has 0 aliphatic heterocycles. The van der Waals surface area contributed by atoms with Crippen LogP contribution in [0.2, 0.25) is 5.02 Å². The molecular weight excluding hydrogens is 298 g/mol. The third kappa shape index (κ3) is 2.85. The van der Waals surface area contributed by atoms with Crippen molar-refractivity contribution in [2.75, 3.05) is 6.61 Å². The van der Waals surface area contributed by atoms with Gasteiger partial charge in [-0.25, -0.2) is 0 Å². The zero-order chi connectivity index (χ0) is 15.5. The molecule has 1 aromatic heterocycles. The van der Waals surface area contributed by atoms with E-state index in [1.807, 2.05) is 49.4 Å². The van der Waals surface area contributed by atoms with Crippen molar-refractivity contribution in [1.82, 2.24) is 4.57 Å². The molecule has 0 radical (unpaired) electrons. The zero-order valence-corrected chi connectivity index (χ0v) is 13.0. The summed E-state index contributed by atoms with van der Waals surface area (Å²) >= 11 is 6.06. The van der Waals surface area contributed by atoms with E-state index in [2.05, 4.69) is 0 Å². The number of hydrogen-bond acceptors (Lipinski definition) is 2. The number of para-hydroxylation sites is 2. The Bertz CT molecular complexity index is 870. The number of aryl methyl sites for hydroxylation is 1. The second-order valence-corrected chi connectivity index (χ2v) is 5.52. The van der Waals surface area contributed by atoms with Gasteiger partial charge in [0.15, 0.2) is 0 Å². The molecule has 3 aromatic rings. The molecule has 0 saturated carbocycles. The third-order valence-electron chi connectivity index (χ3n) is 3.63. The molecule has 0 saturated heterocycles. The highest BCUT2D eigenvalue weighted by molar-refractivity contribution is 6.32. The van der Waals surface area contributed by atoms with Crippen LogP contribution in [0.3, 0.4) is 0 Å². The number of pyridine rings is 1. The SMILES string of the molecule is Cc1cc(=O)n(CCOc2ccccc2Cl)c2ccccc12. The summed E-state index contributed by atoms with van der Waals surface area (Å²) in [5.41, 5.74) is 1.90. The highest BCUT2D eigenvalue weighted by Crippen LogP contribution is 2.23. The Hall–Kier alpha value is -2.26. The summed E-state index contributed by atoms with van der Waals surface area (Å²) in [6, 6.07) is 16.9. The maximum Gasteiger partial charge on any atom is 0.251 e. The van der Waals surface area contributed by atoms with Gasteiger partial charge in [0, 0.05) is 11.5 Å². The molecule has 0 atom stereocenters. The summed E-state index contributed by atoms with van der Waals surface area (Å²) in [4.78, 5) is 12.2. The van der Waals surface area contributed by atoms with Gasteiger partial charge in [0.2, 0.25) is 0 Å². The lowest BCUT2D eigenvalue weighted by atomic mass is 10.1. The van der Waals surface area contributed by atoms with E-state index in [1.165, 1.54) is 0 Å². The maximum atomic E-state index is 12.2. The van der Waals surface area contributed by atoms with Gasteiger partial charge in [-0.05, 0) is 30.7 Å². The summed E-state index contributed by atoms with van der Waals surface area (Å²) in [7, 11) is 0. The first kappa shape index (κ1) is 14.7. The highest BCUT2D eigenvalue weighted by atomic mass is 35.5. The first-order chi connectivity index (χ1) is 10.7. The molecule has 0 amide bonds. The molecule has 0 aliphatic carbocycles. The van der Waals surface area contributed by atoms with Crippen molar-refractivity contribution in [3.63, 3.8) is 0 Å². The number of halogens is 1. The fraction of sp³-hybridized carbons (Fsp3) is 0.167. The normalized spacial score (nSPS) is 10.8. The first-order valence-corrected chi connectivity index (χ1v) is 7.51. The van der Waals surface area contributed by atoms with Gasteiger partial charge in [-0.1, -0.05) is 41.9 Å². The van der Waals surface area contributed by atoms with E-state index in [0.717, 1.165) is 16.5 Å². The Morgan fingerprint density at radius 3 is 2.64 bits per heavy atom. The van der Waals surface area contributed by atoms with Crippen molar-refractivity contribution >= 4 is 22.5 Å². The van der Waals surface area contributed by atoms with Crippen molar-refractivity contribution in [3.05, 3.63) is 75.5 Å². The van der Waals surface area contributed by atoms with Crippen molar-refractivity contribution in [2.24, 2.45) is 0 Å². The van der Waals surface area contributed by atoms with Crippen LogP contribution in [0.15, 0.2) is 59.4 Å². The summed E-state index contributed by atoms with van der Waals surface area (Å²) in [6.07, 6.45) is 0. The molecule has 22 heavy (non-hydrogen) atoms. The molecule has 0 unspecified atom stereocenters. The van der Waals surface area contributed by atoms with Gasteiger partial charge < -0.3 is 9.30 Å². The fourth-order valence-electron chi connectivity index (χ4n) is 2.54. The Labute approximate surface area is 133 Å². The van der Waals surface area contributed by atoms with E-state index in [1.54, 1.807) is 16.7 Å². The van der Waals surface area contributed by atoms with Crippen molar-refractivity contribution < 1.29 is 4.74 Å². The minimum atomic E-state index is -0.0149. The standard InChI is InChI=1S/C18H16ClNO2/c1-13-12-18(21)20(16-8-4-2-6-14(13)16)10-11-22-17-9-5-3-7-15(17)19/h2-9,12H,10-11H2,1H3. The van der Waals surface area contributed by atoms with E-state index in [-0.39, 0.29) is 5.56 Å². The van der Waals surface area contributed by atoms with Gasteiger partial charge in [0.1, 0.15) is 12.4 Å². The monoisotopic (exact) mass is 313 g/mol. The summed E-state index contributed by atoms with van der Waals surface area (Å²) in [6.45, 7) is 2.82. The fourth-order valence-corrected chi connectivity index (χ4v) is 2.73. The van der Waals surface area contributed by atoms with Crippen molar-refractivity contribution in [3.8, 4) is 5.75 Å². The van der Waals surface area contributed by atoms with Crippen molar-refractivity contribution in [2.45, 2.75) is 13.5 Å². The second kappa shape index (κ2) is 6.24. The van der Waals surface area contributed by atoms with Crippen LogP contribution in [-0.4, -0.2) is 11.2 Å². The maximum absolute atomic E-state index is 12.2. The lowest BCUT2D eigenvalue weighted by molar-refractivity contribution is 0.299. The topological polar surface area (TPSA) is 31.2 Å². The molecule has 0 N–H and O–H groups in total. The number of rotatable bonds is 4. The smallest absolute Gasteiger partial charge is 0.251 e. The van der Waals surface area contributed by atoms with E-state index >= 15 is 0 Å². The van der Waals surface area contributed by atoms with E-state index in [9.17, 15) is 4.79 Å². The average Bonchev–Trinajstić information content (AvgIpc) is 2.52. The van der Waals surface area contributed by atoms with Gasteiger partial charge in [-0.3, -0.25) is 4.79 Å². The molecule has 0 aliphatic rings. The van der Waals surface area contributed by atoms with Gasteiger partial charge in [0.05, 0.1) is 17.1 Å². The summed E-state index contributed by atoms with van der Waals surface area (Å²) < 4.78 is 7.42. The highest BCUT2D eigenvalue weighted by Gasteiger charge is 2.06. The van der Waals surface area contributed by atoms with Gasteiger partial charge in [-0.15, -0.1) is 0 Å². The van der Waals surface area contributed by atoms with Gasteiger partial charge >= 0.3 is 0 Å². The van der Waals surface area contributed by atoms with Crippen LogP contribution in [0, 0.1) is 6.92 Å². The number of hydrogen-bond donors (Lipinski definition) is 0. The molecule has 112 valence electrons. The van der Waals surface area contributed by atoms with Crippen LogP contribution in [0.25, 0.3) is 10.9 Å². The molecule has 2 aromatic carbocycles. The zero-order valence-electron chi connectivity index (χ0n) is 12.3. The molecule has 3 nitrogen and oxygen atoms in total. The molecule has 0 bridgehead atoms. The second-order valence-electron chi connectivity index (χ2n) is 5.11. The Morgan fingerprint density at radius 1 is 1.09 bits per heavy atom. The minimum absolute atomic E-state index is 0.0149. The summed E-state index contributed by atoms with van der Waals surface area (Å²) in [5, 5.41) is 1.66. The minimum Gasteiger partial charge on any atom is -0.490 e. The van der Waals surface area contributed by atoms with Crippen LogP contribution in [0.1, 0.15) is 5.56 Å². The van der Waals surface area contributed by atoms with Crippen LogP contribution in [0.4, 0.5) is 0 Å². The largest absolute Gasteiger partial charge is 0.490 e. The number of benzene rings is 2. The van der Waals surface area contributed by atoms with Crippen LogP contribution in [0.5, 0.6) is 5.75 Å². The molecule has 3 rings (SSSR count). The number of fused-ring (bicyclic) bond motifs is 1.